The SMILES string of the molecule is CC1(C)CC[C@]2(C(=O)O)CC[C@]3(C)C(=CC[C@@H]4[C@@]5(C)C[C@@H](OC(=O)c6ccccc6)[C@H](O)C(C)(C)[C@@H]5CC[C@]43C)[C@@H]2C1. The monoisotopic (exact) mass is 576 g/mol. The maximum absolute atomic E-state index is 13.2. The van der Waals surface area contributed by atoms with E-state index in [4.69, 9.17) is 4.74 Å². The average molecular weight is 577 g/mol. The highest BCUT2D eigenvalue weighted by Crippen LogP contribution is 2.75. The van der Waals surface area contributed by atoms with Gasteiger partial charge >= 0.3 is 11.9 Å². The number of carboxylic acid groups (broad SMARTS) is 1. The van der Waals surface area contributed by atoms with Gasteiger partial charge in [0.05, 0.1) is 17.1 Å². The Morgan fingerprint density at radius 3 is 2.19 bits per heavy atom. The van der Waals surface area contributed by atoms with Crippen molar-refractivity contribution >= 4 is 11.9 Å². The number of esters is 1. The second kappa shape index (κ2) is 9.43. The summed E-state index contributed by atoms with van der Waals surface area (Å²) in [5, 5.41) is 22.3. The van der Waals surface area contributed by atoms with Gasteiger partial charge in [-0.25, -0.2) is 4.79 Å². The van der Waals surface area contributed by atoms with Gasteiger partial charge in [0.15, 0.2) is 0 Å². The molecular weight excluding hydrogens is 524 g/mol. The minimum atomic E-state index is -0.729. The minimum absolute atomic E-state index is 0.000940. The quantitative estimate of drug-likeness (QED) is 0.281. The molecular formula is C37H52O5. The molecule has 1 aromatic rings. The summed E-state index contributed by atoms with van der Waals surface area (Å²) < 4.78 is 6.15. The van der Waals surface area contributed by atoms with Crippen molar-refractivity contribution in [2.45, 2.75) is 118 Å². The minimum Gasteiger partial charge on any atom is -0.481 e. The van der Waals surface area contributed by atoms with Crippen LogP contribution in [-0.2, 0) is 9.53 Å². The Kier molecular flexibility index (Phi) is 6.71. The van der Waals surface area contributed by atoms with Gasteiger partial charge in [-0.05, 0) is 115 Å². The molecule has 0 radical (unpaired) electrons. The van der Waals surface area contributed by atoms with E-state index in [2.05, 4.69) is 54.5 Å². The van der Waals surface area contributed by atoms with Gasteiger partial charge in [-0.2, -0.15) is 0 Å². The highest BCUT2D eigenvalue weighted by Gasteiger charge is 2.70. The van der Waals surface area contributed by atoms with Gasteiger partial charge in [0.2, 0.25) is 0 Å². The van der Waals surface area contributed by atoms with Crippen LogP contribution >= 0.6 is 0 Å². The molecule has 0 unspecified atom stereocenters. The molecule has 230 valence electrons. The number of carbonyl (C=O) groups is 2. The van der Waals surface area contributed by atoms with Crippen molar-refractivity contribution in [3.8, 4) is 0 Å². The van der Waals surface area contributed by atoms with Crippen LogP contribution in [0.5, 0.6) is 0 Å². The van der Waals surface area contributed by atoms with Gasteiger partial charge in [0, 0.05) is 0 Å². The first-order valence-corrected chi connectivity index (χ1v) is 16.4. The van der Waals surface area contributed by atoms with Crippen LogP contribution in [0.2, 0.25) is 0 Å². The number of hydrogen-bond donors (Lipinski definition) is 2. The van der Waals surface area contributed by atoms with Gasteiger partial charge in [-0.15, -0.1) is 0 Å². The van der Waals surface area contributed by atoms with Crippen molar-refractivity contribution in [2.75, 3.05) is 0 Å². The van der Waals surface area contributed by atoms with Crippen molar-refractivity contribution in [1.29, 1.82) is 0 Å². The van der Waals surface area contributed by atoms with E-state index >= 15 is 0 Å². The summed E-state index contributed by atoms with van der Waals surface area (Å²) in [7, 11) is 0. The molecule has 2 N–H and O–H groups in total. The van der Waals surface area contributed by atoms with E-state index in [0.717, 1.165) is 51.4 Å². The molecule has 4 saturated carbocycles. The topological polar surface area (TPSA) is 83.8 Å². The van der Waals surface area contributed by atoms with Crippen LogP contribution in [0.1, 0.15) is 117 Å². The highest BCUT2D eigenvalue weighted by atomic mass is 16.6. The van der Waals surface area contributed by atoms with Gasteiger partial charge in [-0.1, -0.05) is 78.3 Å². The Morgan fingerprint density at radius 1 is 0.857 bits per heavy atom. The highest BCUT2D eigenvalue weighted by molar-refractivity contribution is 5.89. The summed E-state index contributed by atoms with van der Waals surface area (Å²) >= 11 is 0. The number of ether oxygens (including phenoxy) is 1. The fourth-order valence-electron chi connectivity index (χ4n) is 11.6. The number of allylic oxidation sites excluding steroid dienone is 2. The molecule has 5 aliphatic rings. The first-order chi connectivity index (χ1) is 19.5. The largest absolute Gasteiger partial charge is 0.481 e. The first kappa shape index (κ1) is 29.9. The molecule has 0 amide bonds. The van der Waals surface area contributed by atoms with Crippen LogP contribution in [0.3, 0.4) is 0 Å². The third-order valence-corrected chi connectivity index (χ3v) is 14.3. The lowest BCUT2D eigenvalue weighted by Gasteiger charge is -2.71. The number of aliphatic hydroxyl groups excluding tert-OH is 1. The Morgan fingerprint density at radius 2 is 1.52 bits per heavy atom. The molecule has 0 aliphatic heterocycles. The van der Waals surface area contributed by atoms with Gasteiger partial charge in [0.1, 0.15) is 6.10 Å². The number of fused-ring (bicyclic) bond motifs is 7. The number of aliphatic hydroxyl groups is 1. The Hall–Kier alpha value is -2.14. The third-order valence-electron chi connectivity index (χ3n) is 14.3. The maximum Gasteiger partial charge on any atom is 0.338 e. The number of benzene rings is 1. The van der Waals surface area contributed by atoms with E-state index in [1.165, 1.54) is 5.57 Å². The zero-order valence-corrected chi connectivity index (χ0v) is 26.8. The molecule has 0 heterocycles. The van der Waals surface area contributed by atoms with E-state index in [1.807, 2.05) is 18.2 Å². The Balaban J connectivity index is 1.38. The molecule has 0 bridgehead atoms. The smallest absolute Gasteiger partial charge is 0.338 e. The van der Waals surface area contributed by atoms with Crippen LogP contribution < -0.4 is 0 Å². The normalized spacial score (nSPS) is 45.2. The Bertz CT molecular complexity index is 1300. The molecule has 9 atom stereocenters. The van der Waals surface area contributed by atoms with Crippen molar-refractivity contribution in [3.63, 3.8) is 0 Å². The lowest BCUT2D eigenvalue weighted by molar-refractivity contribution is -0.231. The standard InChI is InChI=1S/C37H52O5/c1-32(2)17-19-37(31(40)41)20-18-35(6)24(25(37)21-32)13-14-28-34(5)22-26(42-30(39)23-11-9-8-10-12-23)29(38)33(3,4)27(34)15-16-36(28,35)7/h8-13,25-29,38H,14-22H2,1-7H3,(H,40,41)/t25-,26+,27-,28+,29-,34-,35+,36+,37-/m0/s1. The summed E-state index contributed by atoms with van der Waals surface area (Å²) in [6.45, 7) is 16.3. The van der Waals surface area contributed by atoms with E-state index in [9.17, 15) is 19.8 Å². The summed E-state index contributed by atoms with van der Waals surface area (Å²) in [6.07, 6.45) is 9.20. The van der Waals surface area contributed by atoms with Crippen LogP contribution in [0.25, 0.3) is 0 Å². The zero-order chi connectivity index (χ0) is 30.5. The molecule has 5 nitrogen and oxygen atoms in total. The van der Waals surface area contributed by atoms with Crippen LogP contribution in [0.15, 0.2) is 42.0 Å². The maximum atomic E-state index is 13.2. The molecule has 5 aliphatic carbocycles. The first-order valence-electron chi connectivity index (χ1n) is 16.4. The Labute approximate surface area is 252 Å². The van der Waals surface area contributed by atoms with Gasteiger partial charge in [-0.3, -0.25) is 4.79 Å². The van der Waals surface area contributed by atoms with E-state index in [1.54, 1.807) is 12.1 Å². The molecule has 5 heteroatoms. The predicted octanol–water partition coefficient (Wildman–Crippen LogP) is 8.07. The van der Waals surface area contributed by atoms with Crippen molar-refractivity contribution in [3.05, 3.63) is 47.5 Å². The number of aliphatic carboxylic acids is 1. The number of rotatable bonds is 3. The number of hydrogen-bond acceptors (Lipinski definition) is 4. The lowest BCUT2D eigenvalue weighted by atomic mass is 9.33. The molecule has 1 aromatic carbocycles. The van der Waals surface area contributed by atoms with E-state index in [0.29, 0.717) is 23.8 Å². The predicted molar refractivity (Wildman–Crippen MR) is 164 cm³/mol. The van der Waals surface area contributed by atoms with E-state index < -0.39 is 29.0 Å². The fraction of sp³-hybridized carbons (Fsp3) is 0.730. The average Bonchev–Trinajstić information content (AvgIpc) is 2.92. The molecule has 42 heavy (non-hydrogen) atoms. The fourth-order valence-corrected chi connectivity index (χ4v) is 11.6. The van der Waals surface area contributed by atoms with Crippen molar-refractivity contribution in [1.82, 2.24) is 0 Å². The van der Waals surface area contributed by atoms with Gasteiger partial charge < -0.3 is 14.9 Å². The summed E-state index contributed by atoms with van der Waals surface area (Å²) in [6, 6.07) is 9.10. The third kappa shape index (κ3) is 3.97. The molecule has 6 rings (SSSR count). The van der Waals surface area contributed by atoms with Crippen LogP contribution in [0.4, 0.5) is 0 Å². The zero-order valence-electron chi connectivity index (χ0n) is 26.8. The number of carbonyl (C=O) groups excluding carboxylic acids is 1. The van der Waals surface area contributed by atoms with Crippen LogP contribution in [-0.4, -0.2) is 34.4 Å². The number of carboxylic acids is 1. The second-order valence-corrected chi connectivity index (χ2v) is 17.0. The van der Waals surface area contributed by atoms with Crippen LogP contribution in [0, 0.1) is 50.2 Å². The van der Waals surface area contributed by atoms with Gasteiger partial charge in [0.25, 0.3) is 0 Å². The summed E-state index contributed by atoms with van der Waals surface area (Å²) in [4.78, 5) is 26.1. The van der Waals surface area contributed by atoms with Crippen molar-refractivity contribution < 1.29 is 24.5 Å². The van der Waals surface area contributed by atoms with E-state index in [-0.39, 0.29) is 33.5 Å². The molecule has 0 aromatic heterocycles. The molecule has 0 spiro atoms. The second-order valence-electron chi connectivity index (χ2n) is 17.0. The van der Waals surface area contributed by atoms with Crippen molar-refractivity contribution in [2.24, 2.45) is 50.2 Å². The molecule has 4 fully saturated rings. The lowest BCUT2D eigenvalue weighted by Crippen LogP contribution is -2.67. The summed E-state index contributed by atoms with van der Waals surface area (Å²) in [5.41, 5.74) is 0.836. The summed E-state index contributed by atoms with van der Waals surface area (Å²) in [5.74, 6) is -0.217. The molecule has 0 saturated heterocycles.